The standard InChI is InChI=1S/C30H36N6O4/c1-5-39-27-19-22(14-15-26(27)40-17-16-35(2)3)23(18-20-10-12-21(13-11-20)28(31)32)29-33-30(37)36(34-29)24-8-6-7-9-25(24)38-4/h6-15,19,23H,5,16-18H2,1-4H3,(H3,31,32)(H,33,34,37). The number of aromatic amines is 1. The zero-order chi connectivity index (χ0) is 28.6. The number of hydrogen-bond acceptors (Lipinski definition) is 7. The van der Waals surface area contributed by atoms with E-state index in [0.717, 1.165) is 17.7 Å². The molecule has 1 atom stereocenters. The Bertz CT molecular complexity index is 1490. The number of likely N-dealkylation sites (N-methyl/N-ethyl adjacent to an activating group) is 1. The number of benzene rings is 3. The summed E-state index contributed by atoms with van der Waals surface area (Å²) in [6.45, 7) is 3.70. The van der Waals surface area contributed by atoms with Gasteiger partial charge in [-0.15, -0.1) is 5.10 Å². The number of para-hydroxylation sites is 2. The maximum Gasteiger partial charge on any atom is 0.348 e. The Morgan fingerprint density at radius 2 is 1.80 bits per heavy atom. The molecule has 0 saturated heterocycles. The van der Waals surface area contributed by atoms with Gasteiger partial charge in [-0.3, -0.25) is 10.4 Å². The first kappa shape index (κ1) is 28.4. The molecule has 0 spiro atoms. The van der Waals surface area contributed by atoms with Crippen LogP contribution in [0, 0.1) is 5.41 Å². The molecule has 4 aromatic rings. The van der Waals surface area contributed by atoms with Gasteiger partial charge in [-0.1, -0.05) is 42.5 Å². The van der Waals surface area contributed by atoms with Gasteiger partial charge in [0.2, 0.25) is 0 Å². The summed E-state index contributed by atoms with van der Waals surface area (Å²) in [5.74, 6) is 2.01. The highest BCUT2D eigenvalue weighted by Crippen LogP contribution is 2.35. The summed E-state index contributed by atoms with van der Waals surface area (Å²) in [5, 5.41) is 12.4. The van der Waals surface area contributed by atoms with E-state index in [1.807, 2.05) is 75.6 Å². The lowest BCUT2D eigenvalue weighted by Gasteiger charge is -2.19. The van der Waals surface area contributed by atoms with Crippen LogP contribution in [0.3, 0.4) is 0 Å². The monoisotopic (exact) mass is 544 g/mol. The van der Waals surface area contributed by atoms with Crippen LogP contribution in [-0.2, 0) is 6.42 Å². The predicted octanol–water partition coefficient (Wildman–Crippen LogP) is 3.57. The van der Waals surface area contributed by atoms with Gasteiger partial charge in [0.1, 0.15) is 29.7 Å². The lowest BCUT2D eigenvalue weighted by Crippen LogP contribution is -2.19. The van der Waals surface area contributed by atoms with E-state index in [2.05, 4.69) is 9.88 Å². The minimum absolute atomic E-state index is 0.00851. The molecule has 210 valence electrons. The number of nitrogens with two attached hydrogens (primary N) is 1. The van der Waals surface area contributed by atoms with Crippen LogP contribution < -0.4 is 25.6 Å². The molecule has 0 saturated carbocycles. The molecule has 0 aliphatic rings. The van der Waals surface area contributed by atoms with Crippen LogP contribution in [0.15, 0.2) is 71.5 Å². The van der Waals surface area contributed by atoms with Gasteiger partial charge in [0.25, 0.3) is 0 Å². The molecule has 1 aromatic heterocycles. The number of amidine groups is 1. The van der Waals surface area contributed by atoms with Gasteiger partial charge in [0, 0.05) is 18.0 Å². The van der Waals surface area contributed by atoms with Gasteiger partial charge in [-0.2, -0.15) is 4.68 Å². The Balaban J connectivity index is 1.76. The molecule has 10 nitrogen and oxygen atoms in total. The SMILES string of the molecule is CCOc1cc(C(Cc2ccc(C(=N)N)cc2)c2nn(-c3ccccc3OC)c(=O)[nH]2)ccc1OCCN(C)C. The molecule has 0 aliphatic heterocycles. The van der Waals surface area contributed by atoms with Gasteiger partial charge >= 0.3 is 5.69 Å². The number of aromatic nitrogens is 3. The van der Waals surface area contributed by atoms with Crippen LogP contribution in [0.4, 0.5) is 0 Å². The van der Waals surface area contributed by atoms with Crippen molar-refractivity contribution in [2.75, 3.05) is 41.0 Å². The van der Waals surface area contributed by atoms with Crippen molar-refractivity contribution in [1.82, 2.24) is 19.7 Å². The summed E-state index contributed by atoms with van der Waals surface area (Å²) in [7, 11) is 5.55. The highest BCUT2D eigenvalue weighted by molar-refractivity contribution is 5.94. The molecule has 0 fully saturated rings. The van der Waals surface area contributed by atoms with Crippen LogP contribution in [0.5, 0.6) is 17.2 Å². The molecule has 4 rings (SSSR count). The van der Waals surface area contributed by atoms with Crippen molar-refractivity contribution >= 4 is 5.84 Å². The summed E-state index contributed by atoms with van der Waals surface area (Å²) >= 11 is 0. The van der Waals surface area contributed by atoms with Crippen LogP contribution in [0.2, 0.25) is 0 Å². The number of rotatable bonds is 13. The molecule has 10 heteroatoms. The number of nitrogen functional groups attached to an aromatic ring is 1. The number of nitrogens with zero attached hydrogens (tertiary/aromatic N) is 3. The number of H-pyrrole nitrogens is 1. The molecule has 0 bridgehead atoms. The summed E-state index contributed by atoms with van der Waals surface area (Å²) in [5.41, 5.74) is 8.36. The second-order valence-corrected chi connectivity index (χ2v) is 9.56. The fourth-order valence-corrected chi connectivity index (χ4v) is 4.36. The molecule has 0 aliphatic carbocycles. The largest absolute Gasteiger partial charge is 0.494 e. The molecule has 0 amide bonds. The molecule has 1 heterocycles. The molecular weight excluding hydrogens is 508 g/mol. The van der Waals surface area contributed by atoms with E-state index in [-0.39, 0.29) is 17.4 Å². The summed E-state index contributed by atoms with van der Waals surface area (Å²) in [6, 6.07) is 20.6. The van der Waals surface area contributed by atoms with Gasteiger partial charge in [0.05, 0.1) is 13.7 Å². The van der Waals surface area contributed by atoms with Crippen LogP contribution in [-0.4, -0.2) is 66.5 Å². The normalized spacial score (nSPS) is 11.8. The summed E-state index contributed by atoms with van der Waals surface area (Å²) in [4.78, 5) is 18.1. The van der Waals surface area contributed by atoms with Crippen LogP contribution >= 0.6 is 0 Å². The minimum Gasteiger partial charge on any atom is -0.494 e. The van der Waals surface area contributed by atoms with Crippen LogP contribution in [0.1, 0.15) is 35.4 Å². The third kappa shape index (κ3) is 6.70. The average molecular weight is 545 g/mol. The average Bonchev–Trinajstić information content (AvgIpc) is 3.33. The molecule has 4 N–H and O–H groups in total. The Hall–Kier alpha value is -4.57. The number of nitrogens with one attached hydrogen (secondary N) is 2. The first-order valence-corrected chi connectivity index (χ1v) is 13.1. The molecule has 1 unspecified atom stereocenters. The van der Waals surface area contributed by atoms with Crippen molar-refractivity contribution < 1.29 is 14.2 Å². The Morgan fingerprint density at radius 3 is 2.48 bits per heavy atom. The van der Waals surface area contributed by atoms with Crippen molar-refractivity contribution in [2.24, 2.45) is 5.73 Å². The summed E-state index contributed by atoms with van der Waals surface area (Å²) in [6.07, 6.45) is 0.531. The van der Waals surface area contributed by atoms with E-state index in [9.17, 15) is 4.79 Å². The number of hydrogen-bond donors (Lipinski definition) is 3. The number of methoxy groups -OCH3 is 1. The van der Waals surface area contributed by atoms with E-state index < -0.39 is 0 Å². The predicted molar refractivity (Wildman–Crippen MR) is 155 cm³/mol. The maximum atomic E-state index is 13.1. The van der Waals surface area contributed by atoms with Gasteiger partial charge in [-0.25, -0.2) is 4.79 Å². The first-order valence-electron chi connectivity index (χ1n) is 13.1. The van der Waals surface area contributed by atoms with Crippen LogP contribution in [0.25, 0.3) is 5.69 Å². The smallest absolute Gasteiger partial charge is 0.348 e. The zero-order valence-corrected chi connectivity index (χ0v) is 23.3. The lowest BCUT2D eigenvalue weighted by atomic mass is 9.90. The summed E-state index contributed by atoms with van der Waals surface area (Å²) < 4.78 is 18.7. The van der Waals surface area contributed by atoms with Gasteiger partial charge in [0.15, 0.2) is 11.5 Å². The van der Waals surface area contributed by atoms with Crippen molar-refractivity contribution in [1.29, 1.82) is 5.41 Å². The van der Waals surface area contributed by atoms with Gasteiger partial charge in [-0.05, 0) is 62.8 Å². The zero-order valence-electron chi connectivity index (χ0n) is 23.3. The Morgan fingerprint density at radius 1 is 1.05 bits per heavy atom. The Kier molecular flexibility index (Phi) is 9.23. The quantitative estimate of drug-likeness (QED) is 0.173. The van der Waals surface area contributed by atoms with Crippen molar-refractivity contribution in [3.63, 3.8) is 0 Å². The lowest BCUT2D eigenvalue weighted by molar-refractivity contribution is 0.243. The van der Waals surface area contributed by atoms with E-state index >= 15 is 0 Å². The van der Waals surface area contributed by atoms with E-state index in [1.54, 1.807) is 19.2 Å². The fourth-order valence-electron chi connectivity index (χ4n) is 4.36. The second kappa shape index (κ2) is 13.0. The fraction of sp³-hybridized carbons (Fsp3) is 0.300. The van der Waals surface area contributed by atoms with E-state index in [1.165, 1.54) is 4.68 Å². The van der Waals surface area contributed by atoms with Crippen molar-refractivity contribution in [3.8, 4) is 22.9 Å². The van der Waals surface area contributed by atoms with Crippen molar-refractivity contribution in [3.05, 3.63) is 99.7 Å². The topological polar surface area (TPSA) is 131 Å². The van der Waals surface area contributed by atoms with Crippen molar-refractivity contribution in [2.45, 2.75) is 19.3 Å². The molecule has 40 heavy (non-hydrogen) atoms. The highest BCUT2D eigenvalue weighted by Gasteiger charge is 2.23. The molecule has 3 aromatic carbocycles. The highest BCUT2D eigenvalue weighted by atomic mass is 16.5. The number of ether oxygens (including phenoxy) is 3. The third-order valence-corrected chi connectivity index (χ3v) is 6.45. The molecule has 0 radical (unpaired) electrons. The second-order valence-electron chi connectivity index (χ2n) is 9.56. The minimum atomic E-state index is -0.370. The molecular formula is C30H36N6O4. The maximum absolute atomic E-state index is 13.1. The first-order chi connectivity index (χ1) is 19.3. The van der Waals surface area contributed by atoms with Gasteiger partial charge < -0.3 is 24.8 Å². The van der Waals surface area contributed by atoms with E-state index in [4.69, 9.17) is 30.5 Å². The van der Waals surface area contributed by atoms with E-state index in [0.29, 0.717) is 54.0 Å². The Labute approximate surface area is 233 Å². The third-order valence-electron chi connectivity index (χ3n) is 6.45.